The number of nitrogens with zero attached hydrogens (tertiary/aromatic N) is 4. The summed E-state index contributed by atoms with van der Waals surface area (Å²) in [4.78, 5) is 11.8. The Morgan fingerprint density at radius 3 is 2.83 bits per heavy atom. The standard InChI is InChI=1S/C12H17N5O/c1-4-17-8-10(7-14-17)6-13-12(18)11-5-9(2)16(3)15-11/h5,7-8H,4,6H2,1-3H3,(H,13,18). The van der Waals surface area contributed by atoms with Gasteiger partial charge in [-0.05, 0) is 19.9 Å². The van der Waals surface area contributed by atoms with Gasteiger partial charge in [0.25, 0.3) is 5.91 Å². The van der Waals surface area contributed by atoms with Gasteiger partial charge in [-0.15, -0.1) is 0 Å². The fraction of sp³-hybridized carbons (Fsp3) is 0.417. The van der Waals surface area contributed by atoms with Crippen LogP contribution >= 0.6 is 0 Å². The van der Waals surface area contributed by atoms with E-state index in [4.69, 9.17) is 0 Å². The second kappa shape index (κ2) is 5.03. The molecule has 0 aliphatic carbocycles. The van der Waals surface area contributed by atoms with Crippen molar-refractivity contribution in [3.8, 4) is 0 Å². The molecule has 96 valence electrons. The highest BCUT2D eigenvalue weighted by atomic mass is 16.1. The molecule has 0 unspecified atom stereocenters. The first kappa shape index (κ1) is 12.3. The van der Waals surface area contributed by atoms with Crippen LogP contribution in [-0.4, -0.2) is 25.5 Å². The normalized spacial score (nSPS) is 10.6. The number of hydrogen-bond acceptors (Lipinski definition) is 3. The molecular formula is C12H17N5O. The van der Waals surface area contributed by atoms with Gasteiger partial charge in [-0.3, -0.25) is 14.2 Å². The van der Waals surface area contributed by atoms with Gasteiger partial charge in [0.1, 0.15) is 5.69 Å². The van der Waals surface area contributed by atoms with Crippen molar-refractivity contribution in [2.45, 2.75) is 26.9 Å². The number of amides is 1. The van der Waals surface area contributed by atoms with Crippen molar-refractivity contribution in [3.05, 3.63) is 35.4 Å². The van der Waals surface area contributed by atoms with Crippen LogP contribution in [0.15, 0.2) is 18.5 Å². The summed E-state index contributed by atoms with van der Waals surface area (Å²) in [5.74, 6) is -0.164. The summed E-state index contributed by atoms with van der Waals surface area (Å²) >= 11 is 0. The minimum Gasteiger partial charge on any atom is -0.346 e. The van der Waals surface area contributed by atoms with E-state index in [1.54, 1.807) is 16.9 Å². The third kappa shape index (κ3) is 2.58. The molecule has 1 amide bonds. The van der Waals surface area contributed by atoms with Crippen LogP contribution in [0.4, 0.5) is 0 Å². The van der Waals surface area contributed by atoms with Gasteiger partial charge in [-0.2, -0.15) is 10.2 Å². The van der Waals surface area contributed by atoms with Crippen molar-refractivity contribution < 1.29 is 4.79 Å². The van der Waals surface area contributed by atoms with Gasteiger partial charge in [0.15, 0.2) is 0 Å². The monoisotopic (exact) mass is 247 g/mol. The average molecular weight is 247 g/mol. The zero-order valence-corrected chi connectivity index (χ0v) is 10.8. The summed E-state index contributed by atoms with van der Waals surface area (Å²) in [5.41, 5.74) is 2.38. The van der Waals surface area contributed by atoms with E-state index in [9.17, 15) is 4.79 Å². The number of hydrogen-bond donors (Lipinski definition) is 1. The predicted molar refractivity (Wildman–Crippen MR) is 67.0 cm³/mol. The van der Waals surface area contributed by atoms with Crippen molar-refractivity contribution in [1.29, 1.82) is 0 Å². The molecule has 6 nitrogen and oxygen atoms in total. The fourth-order valence-electron chi connectivity index (χ4n) is 1.62. The Hall–Kier alpha value is -2.11. The predicted octanol–water partition coefficient (Wildman–Crippen LogP) is 0.875. The third-order valence-corrected chi connectivity index (χ3v) is 2.81. The molecule has 0 radical (unpaired) electrons. The molecule has 0 aliphatic rings. The van der Waals surface area contributed by atoms with Crippen molar-refractivity contribution in [3.63, 3.8) is 0 Å². The summed E-state index contributed by atoms with van der Waals surface area (Å²) in [5, 5.41) is 11.1. The highest BCUT2D eigenvalue weighted by Gasteiger charge is 2.10. The second-order valence-electron chi connectivity index (χ2n) is 4.18. The molecule has 0 aromatic carbocycles. The lowest BCUT2D eigenvalue weighted by Gasteiger charge is -2.00. The van der Waals surface area contributed by atoms with Crippen LogP contribution in [0.5, 0.6) is 0 Å². The zero-order valence-electron chi connectivity index (χ0n) is 10.8. The Balaban J connectivity index is 1.95. The Kier molecular flexibility index (Phi) is 3.45. The second-order valence-corrected chi connectivity index (χ2v) is 4.18. The van der Waals surface area contributed by atoms with Gasteiger partial charge >= 0.3 is 0 Å². The molecule has 2 heterocycles. The van der Waals surface area contributed by atoms with Gasteiger partial charge < -0.3 is 5.32 Å². The molecule has 0 saturated heterocycles. The Morgan fingerprint density at radius 1 is 1.50 bits per heavy atom. The summed E-state index contributed by atoms with van der Waals surface area (Å²) in [7, 11) is 1.82. The van der Waals surface area contributed by atoms with E-state index in [2.05, 4.69) is 15.5 Å². The first-order chi connectivity index (χ1) is 8.60. The fourth-order valence-corrected chi connectivity index (χ4v) is 1.62. The van der Waals surface area contributed by atoms with Crippen LogP contribution < -0.4 is 5.32 Å². The van der Waals surface area contributed by atoms with Crippen molar-refractivity contribution in [2.24, 2.45) is 7.05 Å². The number of aromatic nitrogens is 4. The number of aryl methyl sites for hydroxylation is 3. The topological polar surface area (TPSA) is 64.7 Å². The third-order valence-electron chi connectivity index (χ3n) is 2.81. The SMILES string of the molecule is CCn1cc(CNC(=O)c2cc(C)n(C)n2)cn1. The molecule has 2 aromatic rings. The van der Waals surface area contributed by atoms with Crippen LogP contribution in [0.1, 0.15) is 28.7 Å². The summed E-state index contributed by atoms with van der Waals surface area (Å²) in [6.07, 6.45) is 3.68. The molecule has 0 saturated carbocycles. The quantitative estimate of drug-likeness (QED) is 0.872. The molecule has 2 rings (SSSR count). The van der Waals surface area contributed by atoms with Crippen LogP contribution in [0.2, 0.25) is 0 Å². The molecule has 2 aromatic heterocycles. The minimum atomic E-state index is -0.164. The van der Waals surface area contributed by atoms with Crippen LogP contribution in [0, 0.1) is 6.92 Å². The molecule has 0 aliphatic heterocycles. The largest absolute Gasteiger partial charge is 0.346 e. The van der Waals surface area contributed by atoms with Gasteiger partial charge in [-0.25, -0.2) is 0 Å². The molecule has 0 bridgehead atoms. The molecule has 6 heteroatoms. The lowest BCUT2D eigenvalue weighted by molar-refractivity contribution is 0.0945. The molecule has 18 heavy (non-hydrogen) atoms. The van der Waals surface area contributed by atoms with E-state index in [0.717, 1.165) is 17.8 Å². The van der Waals surface area contributed by atoms with E-state index >= 15 is 0 Å². The Bertz CT molecular complexity index is 535. The van der Waals surface area contributed by atoms with Crippen LogP contribution in [0.3, 0.4) is 0 Å². The van der Waals surface area contributed by atoms with E-state index in [1.807, 2.05) is 31.8 Å². The minimum absolute atomic E-state index is 0.164. The number of nitrogens with one attached hydrogen (secondary N) is 1. The number of rotatable bonds is 4. The molecule has 0 fully saturated rings. The smallest absolute Gasteiger partial charge is 0.272 e. The van der Waals surface area contributed by atoms with Crippen molar-refractivity contribution in [2.75, 3.05) is 0 Å². The summed E-state index contributed by atoms with van der Waals surface area (Å²) in [6.45, 7) is 5.23. The average Bonchev–Trinajstić information content (AvgIpc) is 2.94. The van der Waals surface area contributed by atoms with Crippen molar-refractivity contribution in [1.82, 2.24) is 24.9 Å². The molecule has 0 atom stereocenters. The molecule has 0 spiro atoms. The summed E-state index contributed by atoms with van der Waals surface area (Å²) in [6, 6.07) is 1.77. The maximum Gasteiger partial charge on any atom is 0.272 e. The molecule has 1 N–H and O–H groups in total. The van der Waals surface area contributed by atoms with Crippen LogP contribution in [0.25, 0.3) is 0 Å². The maximum atomic E-state index is 11.8. The van der Waals surface area contributed by atoms with E-state index in [0.29, 0.717) is 12.2 Å². The zero-order chi connectivity index (χ0) is 13.1. The van der Waals surface area contributed by atoms with Gasteiger partial charge in [0, 0.05) is 37.6 Å². The lowest BCUT2D eigenvalue weighted by Crippen LogP contribution is -2.23. The number of carbonyl (C=O) groups excluding carboxylic acids is 1. The van der Waals surface area contributed by atoms with Gasteiger partial charge in [0.05, 0.1) is 6.20 Å². The van der Waals surface area contributed by atoms with E-state index < -0.39 is 0 Å². The van der Waals surface area contributed by atoms with Gasteiger partial charge in [0.2, 0.25) is 0 Å². The highest BCUT2D eigenvalue weighted by molar-refractivity contribution is 5.92. The Morgan fingerprint density at radius 2 is 2.28 bits per heavy atom. The van der Waals surface area contributed by atoms with Crippen molar-refractivity contribution >= 4 is 5.91 Å². The number of carbonyl (C=O) groups is 1. The first-order valence-corrected chi connectivity index (χ1v) is 5.90. The Labute approximate surface area is 106 Å². The summed E-state index contributed by atoms with van der Waals surface area (Å²) < 4.78 is 3.51. The van der Waals surface area contributed by atoms with Gasteiger partial charge in [-0.1, -0.05) is 0 Å². The first-order valence-electron chi connectivity index (χ1n) is 5.90. The van der Waals surface area contributed by atoms with E-state index in [1.165, 1.54) is 0 Å². The maximum absolute atomic E-state index is 11.8. The highest BCUT2D eigenvalue weighted by Crippen LogP contribution is 2.02. The lowest BCUT2D eigenvalue weighted by atomic mass is 10.3. The van der Waals surface area contributed by atoms with Crippen LogP contribution in [-0.2, 0) is 20.1 Å². The van der Waals surface area contributed by atoms with E-state index in [-0.39, 0.29) is 5.91 Å². The molecular weight excluding hydrogens is 230 g/mol.